The Bertz CT molecular complexity index is 1040. The number of esters is 1. The molecule has 0 amide bonds. The first kappa shape index (κ1) is 17.8. The summed E-state index contributed by atoms with van der Waals surface area (Å²) in [4.78, 5) is 24.0. The molecule has 0 saturated heterocycles. The molecule has 0 N–H and O–H groups in total. The van der Waals surface area contributed by atoms with E-state index in [0.29, 0.717) is 22.1 Å². The quantitative estimate of drug-likeness (QED) is 0.484. The first-order chi connectivity index (χ1) is 12.5. The summed E-state index contributed by atoms with van der Waals surface area (Å²) in [6.07, 6.45) is 2.68. The Morgan fingerprint density at radius 2 is 2.04 bits per heavy atom. The lowest BCUT2D eigenvalue weighted by Crippen LogP contribution is -2.07. The fourth-order valence-corrected chi connectivity index (χ4v) is 2.49. The monoisotopic (exact) mass is 374 g/mol. The largest absolute Gasteiger partial charge is 0.469 e. The van der Waals surface area contributed by atoms with Gasteiger partial charge >= 0.3 is 5.97 Å². The molecule has 0 saturated carbocycles. The van der Waals surface area contributed by atoms with Crippen LogP contribution in [0.15, 0.2) is 56.3 Å². The molecule has 0 unspecified atom stereocenters. The summed E-state index contributed by atoms with van der Waals surface area (Å²) in [5, 5.41) is 0.680. The van der Waals surface area contributed by atoms with E-state index in [1.54, 1.807) is 31.2 Å². The molecular formula is C19H15ClO6. The minimum atomic E-state index is -0.427. The Labute approximate surface area is 153 Å². The van der Waals surface area contributed by atoms with Crippen LogP contribution in [0.4, 0.5) is 0 Å². The van der Waals surface area contributed by atoms with Gasteiger partial charge in [0.2, 0.25) is 16.9 Å². The molecule has 0 fully saturated rings. The van der Waals surface area contributed by atoms with E-state index in [2.05, 4.69) is 4.74 Å². The van der Waals surface area contributed by atoms with Crippen molar-refractivity contribution in [2.75, 3.05) is 7.11 Å². The average molecular weight is 375 g/mol. The van der Waals surface area contributed by atoms with Gasteiger partial charge in [0.1, 0.15) is 11.3 Å². The molecule has 0 aliphatic rings. The van der Waals surface area contributed by atoms with Gasteiger partial charge in [-0.05, 0) is 43.3 Å². The van der Waals surface area contributed by atoms with Gasteiger partial charge in [0.25, 0.3) is 0 Å². The third-order valence-electron chi connectivity index (χ3n) is 3.57. The zero-order chi connectivity index (χ0) is 18.7. The van der Waals surface area contributed by atoms with Gasteiger partial charge < -0.3 is 18.3 Å². The summed E-state index contributed by atoms with van der Waals surface area (Å²) in [6.45, 7) is 1.78. The van der Waals surface area contributed by atoms with Crippen LogP contribution in [0.25, 0.3) is 22.5 Å². The van der Waals surface area contributed by atoms with E-state index in [4.69, 9.17) is 25.2 Å². The van der Waals surface area contributed by atoms with Crippen LogP contribution in [0.2, 0.25) is 5.02 Å². The van der Waals surface area contributed by atoms with Gasteiger partial charge in [-0.2, -0.15) is 0 Å². The van der Waals surface area contributed by atoms with Crippen molar-refractivity contribution in [3.8, 4) is 17.3 Å². The summed E-state index contributed by atoms with van der Waals surface area (Å²) < 4.78 is 21.4. The number of hydrogen-bond donors (Lipinski definition) is 0. The lowest BCUT2D eigenvalue weighted by Gasteiger charge is -2.07. The normalized spacial score (nSPS) is 11.2. The molecule has 0 spiro atoms. The number of ether oxygens (including phenoxy) is 2. The fraction of sp³-hybridized carbons (Fsp3) is 0.158. The number of hydrogen-bond acceptors (Lipinski definition) is 6. The average Bonchev–Trinajstić information content (AvgIpc) is 3.06. The second-order valence-electron chi connectivity index (χ2n) is 5.41. The van der Waals surface area contributed by atoms with Gasteiger partial charge in [-0.3, -0.25) is 9.59 Å². The van der Waals surface area contributed by atoms with E-state index in [0.717, 1.165) is 0 Å². The van der Waals surface area contributed by atoms with E-state index in [9.17, 15) is 9.59 Å². The molecule has 134 valence electrons. The predicted molar refractivity (Wildman–Crippen MR) is 96.3 cm³/mol. The Morgan fingerprint density at radius 3 is 2.73 bits per heavy atom. The van der Waals surface area contributed by atoms with E-state index < -0.39 is 11.4 Å². The molecule has 0 aliphatic carbocycles. The van der Waals surface area contributed by atoms with Gasteiger partial charge in [0, 0.05) is 5.02 Å². The van der Waals surface area contributed by atoms with Crippen molar-refractivity contribution in [1.82, 2.24) is 0 Å². The molecule has 0 bridgehead atoms. The minimum Gasteiger partial charge on any atom is -0.469 e. The zero-order valence-electron chi connectivity index (χ0n) is 14.1. The van der Waals surface area contributed by atoms with E-state index in [1.807, 2.05) is 0 Å². The second kappa shape index (κ2) is 7.49. The number of furan rings is 1. The molecule has 7 heteroatoms. The van der Waals surface area contributed by atoms with E-state index in [1.165, 1.54) is 25.5 Å². The SMILES string of the molecule is COC(=O)C/C=C/Oc1c(-c2ccc(C)o2)oc2ccc(Cl)cc2c1=O. The van der Waals surface area contributed by atoms with Gasteiger partial charge in [-0.15, -0.1) is 0 Å². The van der Waals surface area contributed by atoms with Gasteiger partial charge in [-0.25, -0.2) is 0 Å². The van der Waals surface area contributed by atoms with Crippen LogP contribution in [0, 0.1) is 6.92 Å². The number of methoxy groups -OCH3 is 1. The lowest BCUT2D eigenvalue weighted by molar-refractivity contribution is -0.139. The molecule has 2 heterocycles. The number of halogens is 1. The van der Waals surface area contributed by atoms with Crippen LogP contribution in [0.1, 0.15) is 12.2 Å². The topological polar surface area (TPSA) is 78.9 Å². The van der Waals surface area contributed by atoms with Gasteiger partial charge in [0.15, 0.2) is 5.76 Å². The van der Waals surface area contributed by atoms with Crippen LogP contribution in [0.5, 0.6) is 5.75 Å². The molecule has 0 radical (unpaired) electrons. The summed E-state index contributed by atoms with van der Waals surface area (Å²) in [6, 6.07) is 8.17. The summed E-state index contributed by atoms with van der Waals surface area (Å²) >= 11 is 5.98. The highest BCUT2D eigenvalue weighted by Gasteiger charge is 2.20. The third kappa shape index (κ3) is 3.65. The van der Waals surface area contributed by atoms with Crippen LogP contribution in [-0.2, 0) is 9.53 Å². The Hall–Kier alpha value is -2.99. The molecule has 3 aromatic rings. The number of fused-ring (bicyclic) bond motifs is 1. The molecular weight excluding hydrogens is 360 g/mol. The van der Waals surface area contributed by atoms with Gasteiger partial charge in [0.05, 0.1) is 25.2 Å². The van der Waals surface area contributed by atoms with Crippen molar-refractivity contribution in [1.29, 1.82) is 0 Å². The number of carbonyl (C=O) groups is 1. The molecule has 6 nitrogen and oxygen atoms in total. The maximum atomic E-state index is 12.9. The molecule has 0 aliphatic heterocycles. The van der Waals surface area contributed by atoms with E-state index in [-0.39, 0.29) is 23.3 Å². The smallest absolute Gasteiger partial charge is 0.309 e. The maximum absolute atomic E-state index is 12.9. The van der Waals surface area contributed by atoms with Crippen molar-refractivity contribution in [3.63, 3.8) is 0 Å². The highest BCUT2D eigenvalue weighted by atomic mass is 35.5. The van der Waals surface area contributed by atoms with Crippen LogP contribution < -0.4 is 10.2 Å². The van der Waals surface area contributed by atoms with E-state index >= 15 is 0 Å². The highest BCUT2D eigenvalue weighted by molar-refractivity contribution is 6.31. The van der Waals surface area contributed by atoms with Crippen molar-refractivity contribution >= 4 is 28.5 Å². The van der Waals surface area contributed by atoms with Crippen LogP contribution in [0.3, 0.4) is 0 Å². The zero-order valence-corrected chi connectivity index (χ0v) is 14.8. The second-order valence-corrected chi connectivity index (χ2v) is 5.85. The molecule has 2 aromatic heterocycles. The Kier molecular flexibility index (Phi) is 5.14. The molecule has 1 aromatic carbocycles. The third-order valence-corrected chi connectivity index (χ3v) is 3.80. The predicted octanol–water partition coefficient (Wildman–Crippen LogP) is 4.47. The minimum absolute atomic E-state index is 0.0104. The number of benzene rings is 1. The molecule has 26 heavy (non-hydrogen) atoms. The molecule has 3 rings (SSSR count). The lowest BCUT2D eigenvalue weighted by atomic mass is 10.2. The number of rotatable bonds is 5. The van der Waals surface area contributed by atoms with Crippen LogP contribution in [-0.4, -0.2) is 13.1 Å². The maximum Gasteiger partial charge on any atom is 0.309 e. The van der Waals surface area contributed by atoms with Crippen molar-refractivity contribution < 1.29 is 23.1 Å². The number of carbonyl (C=O) groups excluding carboxylic acids is 1. The molecule has 0 atom stereocenters. The van der Waals surface area contributed by atoms with Crippen molar-refractivity contribution in [2.45, 2.75) is 13.3 Å². The van der Waals surface area contributed by atoms with Gasteiger partial charge in [-0.1, -0.05) is 11.6 Å². The van der Waals surface area contributed by atoms with Crippen molar-refractivity contribution in [3.05, 3.63) is 63.7 Å². The van der Waals surface area contributed by atoms with Crippen molar-refractivity contribution in [2.24, 2.45) is 0 Å². The Morgan fingerprint density at radius 1 is 1.23 bits per heavy atom. The first-order valence-electron chi connectivity index (χ1n) is 7.71. The Balaban J connectivity index is 2.09. The summed E-state index contributed by atoms with van der Waals surface area (Å²) in [7, 11) is 1.29. The number of aryl methyl sites for hydroxylation is 1. The highest BCUT2D eigenvalue weighted by Crippen LogP contribution is 2.32. The summed E-state index contributed by atoms with van der Waals surface area (Å²) in [5.74, 6) is 0.679. The summed E-state index contributed by atoms with van der Waals surface area (Å²) in [5.41, 5.74) is -0.0464. The standard InChI is InChI=1S/C19H15ClO6/c1-11-5-7-15(25-11)18-19(24-9-3-4-16(21)23-2)17(22)13-10-12(20)6-8-14(13)26-18/h3,5-10H,4H2,1-2H3/b9-3+. The fourth-order valence-electron chi connectivity index (χ4n) is 2.32. The first-order valence-corrected chi connectivity index (χ1v) is 8.09. The van der Waals surface area contributed by atoms with Crippen LogP contribution >= 0.6 is 11.6 Å².